The summed E-state index contributed by atoms with van der Waals surface area (Å²) >= 11 is 0. The summed E-state index contributed by atoms with van der Waals surface area (Å²) in [7, 11) is 0. The lowest BCUT2D eigenvalue weighted by Gasteiger charge is -2.34. The van der Waals surface area contributed by atoms with E-state index in [1.54, 1.807) is 12.1 Å². The Morgan fingerprint density at radius 3 is 2.62 bits per heavy atom. The zero-order chi connectivity index (χ0) is 22.7. The molecule has 1 aliphatic rings. The summed E-state index contributed by atoms with van der Waals surface area (Å²) in [4.78, 5) is 27.5. The molecule has 0 spiro atoms. The van der Waals surface area contributed by atoms with Gasteiger partial charge in [0.1, 0.15) is 11.5 Å². The first-order valence-corrected chi connectivity index (χ1v) is 10.9. The molecule has 0 radical (unpaired) electrons. The molecule has 3 atom stereocenters. The molecule has 168 valence electrons. The molecule has 0 bridgehead atoms. The second kappa shape index (κ2) is 9.12. The monoisotopic (exact) mass is 437 g/mol. The van der Waals surface area contributed by atoms with Crippen molar-refractivity contribution in [2.75, 3.05) is 6.54 Å². The Morgan fingerprint density at radius 2 is 1.88 bits per heavy atom. The number of H-pyrrole nitrogens is 1. The summed E-state index contributed by atoms with van der Waals surface area (Å²) in [5.41, 5.74) is 1.67. The Labute approximate surface area is 186 Å². The number of benzene rings is 2. The lowest BCUT2D eigenvalue weighted by Crippen LogP contribution is -2.42. The van der Waals surface area contributed by atoms with Gasteiger partial charge in [0.2, 0.25) is 5.91 Å². The Kier molecular flexibility index (Phi) is 6.28. The number of halogens is 1. The van der Waals surface area contributed by atoms with Gasteiger partial charge in [0.05, 0.1) is 12.1 Å². The molecule has 1 fully saturated rings. The van der Waals surface area contributed by atoms with Crippen molar-refractivity contribution in [3.63, 3.8) is 0 Å². The highest BCUT2D eigenvalue weighted by Gasteiger charge is 2.38. The number of carbonyl (C=O) groups excluding carboxylic acids is 2. The first-order valence-electron chi connectivity index (χ1n) is 10.9. The van der Waals surface area contributed by atoms with Gasteiger partial charge in [0.25, 0.3) is 5.91 Å². The fourth-order valence-corrected chi connectivity index (χ4v) is 4.73. The first-order chi connectivity index (χ1) is 15.4. The van der Waals surface area contributed by atoms with E-state index in [1.807, 2.05) is 30.3 Å². The predicted octanol–water partition coefficient (Wildman–Crippen LogP) is 3.41. The minimum atomic E-state index is -0.635. The molecule has 1 heterocycles. The van der Waals surface area contributed by atoms with E-state index in [1.165, 1.54) is 19.1 Å². The van der Waals surface area contributed by atoms with Crippen LogP contribution in [-0.4, -0.2) is 40.6 Å². The average molecular weight is 438 g/mol. The highest BCUT2D eigenvalue weighted by atomic mass is 19.1. The number of aromatic nitrogens is 1. The second-order valence-corrected chi connectivity index (χ2v) is 8.70. The van der Waals surface area contributed by atoms with Crippen molar-refractivity contribution in [1.29, 1.82) is 0 Å². The molecule has 2 amide bonds. The maximum Gasteiger partial charge on any atom is 0.267 e. The van der Waals surface area contributed by atoms with Crippen LogP contribution < -0.4 is 10.6 Å². The third kappa shape index (κ3) is 4.67. The van der Waals surface area contributed by atoms with Gasteiger partial charge in [-0.15, -0.1) is 0 Å². The van der Waals surface area contributed by atoms with Gasteiger partial charge >= 0.3 is 0 Å². The van der Waals surface area contributed by atoms with E-state index in [0.29, 0.717) is 43.4 Å². The SMILES string of the molecule is CC(=O)N[C@H]1CC[C@](CNC(=O)c2cc3ccc(F)cc3[nH]2)(c2ccccc2)CC[C@@H]1O. The summed E-state index contributed by atoms with van der Waals surface area (Å²) in [5.74, 6) is -0.787. The number of amides is 2. The standard InChI is InChI=1S/C25H28FN3O3/c1-16(30)28-20-9-11-25(12-10-23(20)31,18-5-3-2-4-6-18)15-27-24(32)22-13-17-7-8-19(26)14-21(17)29-22/h2-8,13-14,20,23,29,31H,9-12,15H2,1H3,(H,27,32)(H,28,30)/t20-,23-,25-/m0/s1. The Hall–Kier alpha value is -3.19. The zero-order valence-electron chi connectivity index (χ0n) is 18.0. The van der Waals surface area contributed by atoms with E-state index in [2.05, 4.69) is 15.6 Å². The number of hydrogen-bond acceptors (Lipinski definition) is 3. The Morgan fingerprint density at radius 1 is 1.12 bits per heavy atom. The lowest BCUT2D eigenvalue weighted by molar-refractivity contribution is -0.120. The summed E-state index contributed by atoms with van der Waals surface area (Å²) in [6.07, 6.45) is 1.87. The topological polar surface area (TPSA) is 94.2 Å². The number of aromatic amines is 1. The van der Waals surface area contributed by atoms with Gasteiger partial charge in [0, 0.05) is 29.8 Å². The molecule has 0 saturated heterocycles. The van der Waals surface area contributed by atoms with Gasteiger partial charge in [-0.3, -0.25) is 9.59 Å². The molecule has 1 aromatic heterocycles. The molecule has 0 unspecified atom stereocenters. The first kappa shape index (κ1) is 22.0. The van der Waals surface area contributed by atoms with Crippen molar-refractivity contribution in [2.45, 2.75) is 50.2 Å². The predicted molar refractivity (Wildman–Crippen MR) is 121 cm³/mol. The molecule has 2 aromatic carbocycles. The Bertz CT molecular complexity index is 1110. The van der Waals surface area contributed by atoms with Crippen LogP contribution in [0.25, 0.3) is 10.9 Å². The number of nitrogens with one attached hydrogen (secondary N) is 3. The number of rotatable bonds is 5. The maximum atomic E-state index is 13.5. The molecule has 3 aromatic rings. The van der Waals surface area contributed by atoms with E-state index < -0.39 is 6.10 Å². The van der Waals surface area contributed by atoms with Crippen molar-refractivity contribution >= 4 is 22.7 Å². The van der Waals surface area contributed by atoms with Crippen LogP contribution in [0.15, 0.2) is 54.6 Å². The molecule has 1 saturated carbocycles. The van der Waals surface area contributed by atoms with Gasteiger partial charge in [-0.25, -0.2) is 4.39 Å². The summed E-state index contributed by atoms with van der Waals surface area (Å²) in [6.45, 7) is 1.84. The molecular formula is C25H28FN3O3. The number of fused-ring (bicyclic) bond motifs is 1. The van der Waals surface area contributed by atoms with Crippen molar-refractivity contribution in [1.82, 2.24) is 15.6 Å². The van der Waals surface area contributed by atoms with E-state index in [9.17, 15) is 19.1 Å². The van der Waals surface area contributed by atoms with Crippen LogP contribution in [-0.2, 0) is 10.2 Å². The van der Waals surface area contributed by atoms with Crippen LogP contribution in [0, 0.1) is 5.82 Å². The fourth-order valence-electron chi connectivity index (χ4n) is 4.73. The molecule has 32 heavy (non-hydrogen) atoms. The maximum absolute atomic E-state index is 13.5. The van der Waals surface area contributed by atoms with Crippen LogP contribution in [0.5, 0.6) is 0 Å². The van der Waals surface area contributed by atoms with Crippen molar-refractivity contribution in [3.8, 4) is 0 Å². The van der Waals surface area contributed by atoms with E-state index in [-0.39, 0.29) is 29.1 Å². The fraction of sp³-hybridized carbons (Fsp3) is 0.360. The molecule has 4 N–H and O–H groups in total. The van der Waals surface area contributed by atoms with Gasteiger partial charge in [-0.1, -0.05) is 30.3 Å². The van der Waals surface area contributed by atoms with Gasteiger partial charge < -0.3 is 20.7 Å². The lowest BCUT2D eigenvalue weighted by atomic mass is 9.74. The van der Waals surface area contributed by atoms with Crippen LogP contribution in [0.2, 0.25) is 0 Å². The average Bonchev–Trinajstić information content (AvgIpc) is 3.14. The van der Waals surface area contributed by atoms with Crippen molar-refractivity contribution in [3.05, 3.63) is 71.7 Å². The molecule has 6 nitrogen and oxygen atoms in total. The third-order valence-electron chi connectivity index (χ3n) is 6.51. The van der Waals surface area contributed by atoms with E-state index in [0.717, 1.165) is 10.9 Å². The van der Waals surface area contributed by atoms with Crippen LogP contribution in [0.1, 0.15) is 48.7 Å². The van der Waals surface area contributed by atoms with Gasteiger partial charge in [-0.05, 0) is 55.5 Å². The van der Waals surface area contributed by atoms with Gasteiger partial charge in [0.15, 0.2) is 0 Å². The number of aliphatic hydroxyl groups is 1. The van der Waals surface area contributed by atoms with Gasteiger partial charge in [-0.2, -0.15) is 0 Å². The molecule has 0 aliphatic heterocycles. The van der Waals surface area contributed by atoms with Crippen LogP contribution in [0.4, 0.5) is 4.39 Å². The Balaban J connectivity index is 1.55. The van der Waals surface area contributed by atoms with E-state index in [4.69, 9.17) is 0 Å². The summed E-state index contributed by atoms with van der Waals surface area (Å²) in [6, 6.07) is 15.8. The molecule has 4 rings (SSSR count). The molecule has 1 aliphatic carbocycles. The quantitative estimate of drug-likeness (QED) is 0.461. The highest BCUT2D eigenvalue weighted by molar-refractivity contribution is 5.98. The molecule has 7 heteroatoms. The van der Waals surface area contributed by atoms with Crippen molar-refractivity contribution < 1.29 is 19.1 Å². The van der Waals surface area contributed by atoms with Crippen molar-refractivity contribution in [2.24, 2.45) is 0 Å². The minimum Gasteiger partial charge on any atom is -0.391 e. The van der Waals surface area contributed by atoms with Crippen LogP contribution >= 0.6 is 0 Å². The minimum absolute atomic E-state index is 0.162. The highest BCUT2D eigenvalue weighted by Crippen LogP contribution is 2.38. The summed E-state index contributed by atoms with van der Waals surface area (Å²) in [5, 5.41) is 17.3. The third-order valence-corrected chi connectivity index (χ3v) is 6.51. The number of carbonyl (C=O) groups is 2. The summed E-state index contributed by atoms with van der Waals surface area (Å²) < 4.78 is 13.5. The normalized spacial score (nSPS) is 23.5. The number of hydrogen-bond donors (Lipinski definition) is 4. The number of aliphatic hydroxyl groups excluding tert-OH is 1. The van der Waals surface area contributed by atoms with E-state index >= 15 is 0 Å². The van der Waals surface area contributed by atoms with Crippen LogP contribution in [0.3, 0.4) is 0 Å². The zero-order valence-corrected chi connectivity index (χ0v) is 18.0. The second-order valence-electron chi connectivity index (χ2n) is 8.70. The smallest absolute Gasteiger partial charge is 0.267 e. The molecular weight excluding hydrogens is 409 g/mol. The largest absolute Gasteiger partial charge is 0.391 e.